The number of aryl methyl sites for hydroxylation is 1. The maximum absolute atomic E-state index is 9.88. The maximum atomic E-state index is 9.88. The molecule has 1 aliphatic carbocycles. The van der Waals surface area contributed by atoms with Crippen LogP contribution < -0.4 is 20.9 Å². The van der Waals surface area contributed by atoms with Crippen LogP contribution >= 0.6 is 11.3 Å². The molecule has 12 heteroatoms. The molecule has 7 rings (SSSR count). The Kier molecular flexibility index (Phi) is 6.21. The average Bonchev–Trinajstić information content (AvgIpc) is 3.65. The summed E-state index contributed by atoms with van der Waals surface area (Å²) in [5.41, 5.74) is 8.19. The molecule has 3 aromatic heterocycles. The van der Waals surface area contributed by atoms with Crippen LogP contribution in [0.2, 0.25) is 0 Å². The van der Waals surface area contributed by atoms with Crippen molar-refractivity contribution in [3.63, 3.8) is 0 Å². The van der Waals surface area contributed by atoms with Crippen LogP contribution in [0.5, 0.6) is 0 Å². The summed E-state index contributed by atoms with van der Waals surface area (Å²) in [4.78, 5) is 23.1. The Hall–Kier alpha value is -3.27. The topological polar surface area (TPSA) is 136 Å². The summed E-state index contributed by atoms with van der Waals surface area (Å²) in [7, 11) is 2.16. The first-order valence-corrected chi connectivity index (χ1v) is 15.1. The van der Waals surface area contributed by atoms with Gasteiger partial charge < -0.3 is 30.3 Å². The molecule has 3 N–H and O–H groups in total. The van der Waals surface area contributed by atoms with Gasteiger partial charge in [0.2, 0.25) is 17.7 Å². The predicted molar refractivity (Wildman–Crippen MR) is 155 cm³/mol. The Morgan fingerprint density at radius 3 is 2.77 bits per heavy atom. The molecule has 210 valence electrons. The number of nitrogens with one attached hydrogen (secondary N) is 1. The number of nitrogens with two attached hydrogens (primary N) is 1. The second kappa shape index (κ2) is 9.68. The maximum Gasteiger partial charge on any atom is 0.237 e. The Balaban J connectivity index is 1.25. The van der Waals surface area contributed by atoms with E-state index >= 15 is 0 Å². The molecule has 0 saturated carbocycles. The number of aromatic nitrogens is 4. The van der Waals surface area contributed by atoms with Crippen LogP contribution in [-0.4, -0.2) is 84.4 Å². The van der Waals surface area contributed by atoms with E-state index in [1.807, 2.05) is 6.07 Å². The van der Waals surface area contributed by atoms with E-state index in [1.165, 1.54) is 17.8 Å². The van der Waals surface area contributed by atoms with Crippen LogP contribution in [0, 0.1) is 16.7 Å². The van der Waals surface area contributed by atoms with E-state index in [-0.39, 0.29) is 0 Å². The summed E-state index contributed by atoms with van der Waals surface area (Å²) in [5, 5.41) is 18.4. The zero-order valence-corrected chi connectivity index (χ0v) is 24.1. The predicted octanol–water partition coefficient (Wildman–Crippen LogP) is 2.63. The number of thiophene rings is 1. The van der Waals surface area contributed by atoms with Crippen LogP contribution in [0.15, 0.2) is 10.6 Å². The van der Waals surface area contributed by atoms with Crippen molar-refractivity contribution in [1.29, 1.82) is 5.26 Å². The molecule has 3 fully saturated rings. The van der Waals surface area contributed by atoms with E-state index in [9.17, 15) is 5.26 Å². The minimum Gasteiger partial charge on any atom is -0.389 e. The Labute approximate surface area is 238 Å². The minimum absolute atomic E-state index is 0.351. The van der Waals surface area contributed by atoms with Crippen LogP contribution in [0.3, 0.4) is 0 Å². The van der Waals surface area contributed by atoms with Gasteiger partial charge in [-0.1, -0.05) is 5.16 Å². The van der Waals surface area contributed by atoms with Crippen LogP contribution in [0.1, 0.15) is 54.5 Å². The molecule has 40 heavy (non-hydrogen) atoms. The number of likely N-dealkylation sites (N-methyl/N-ethyl adjacent to an activating group) is 1. The van der Waals surface area contributed by atoms with Crippen LogP contribution in [0.4, 0.5) is 16.8 Å². The molecule has 3 aliphatic heterocycles. The van der Waals surface area contributed by atoms with Gasteiger partial charge in [-0.2, -0.15) is 15.2 Å². The molecule has 11 nitrogen and oxygen atoms in total. The van der Waals surface area contributed by atoms with Gasteiger partial charge in [-0.25, -0.2) is 4.98 Å². The largest absolute Gasteiger partial charge is 0.389 e. The molecule has 1 atom stereocenters. The molecule has 0 radical (unpaired) electrons. The number of rotatable bonds is 4. The van der Waals surface area contributed by atoms with Crippen molar-refractivity contribution in [2.45, 2.75) is 44.4 Å². The molecule has 0 amide bonds. The standard InChI is InChI=1S/C28H36N10OS/c1-27(6-3-5-20-22(27)18(14-29)23(30)40-20)25-34-24(35-39-25)19-13-21(38-16-28(17-38)7-8-31-15-28)33-26(32-19)37-10-4-9-36(2)11-12-37/h13,31H,3-12,15-17,30H2,1-2H3/t27-/m0/s1. The molecule has 0 unspecified atom stereocenters. The Morgan fingerprint density at radius 1 is 1.10 bits per heavy atom. The van der Waals surface area contributed by atoms with Gasteiger partial charge in [-0.05, 0) is 59.2 Å². The number of nitrogens with zero attached hydrogens (tertiary/aromatic N) is 8. The summed E-state index contributed by atoms with van der Waals surface area (Å²) < 4.78 is 5.95. The highest BCUT2D eigenvalue weighted by atomic mass is 32.1. The van der Waals surface area contributed by atoms with Gasteiger partial charge in [-0.3, -0.25) is 0 Å². The molecule has 4 aliphatic rings. The Morgan fingerprint density at radius 2 is 1.98 bits per heavy atom. The third-order valence-electron chi connectivity index (χ3n) is 9.29. The van der Waals surface area contributed by atoms with Gasteiger partial charge in [0.1, 0.15) is 22.6 Å². The monoisotopic (exact) mass is 560 g/mol. The Bertz CT molecular complexity index is 1460. The fourth-order valence-corrected chi connectivity index (χ4v) is 8.13. The van der Waals surface area contributed by atoms with E-state index in [0.29, 0.717) is 33.4 Å². The van der Waals surface area contributed by atoms with Crippen molar-refractivity contribution >= 4 is 28.1 Å². The van der Waals surface area contributed by atoms with Gasteiger partial charge >= 0.3 is 0 Å². The van der Waals surface area contributed by atoms with E-state index in [2.05, 4.69) is 45.2 Å². The average molecular weight is 561 g/mol. The van der Waals surface area contributed by atoms with E-state index in [1.54, 1.807) is 0 Å². The lowest BCUT2D eigenvalue weighted by atomic mass is 9.72. The molecule has 0 aromatic carbocycles. The highest BCUT2D eigenvalue weighted by Crippen LogP contribution is 2.48. The number of fused-ring (bicyclic) bond motifs is 1. The second-order valence-electron chi connectivity index (χ2n) is 12.2. The van der Waals surface area contributed by atoms with E-state index in [4.69, 9.17) is 25.2 Å². The molecule has 1 spiro atoms. The van der Waals surface area contributed by atoms with Crippen molar-refractivity contribution < 1.29 is 4.52 Å². The van der Waals surface area contributed by atoms with Crippen molar-refractivity contribution in [1.82, 2.24) is 30.3 Å². The summed E-state index contributed by atoms with van der Waals surface area (Å²) in [6.07, 6.45) is 4.98. The highest BCUT2D eigenvalue weighted by molar-refractivity contribution is 7.16. The molecule has 0 bridgehead atoms. The number of nitrogen functional groups attached to an aromatic ring is 1. The van der Waals surface area contributed by atoms with E-state index < -0.39 is 5.41 Å². The summed E-state index contributed by atoms with van der Waals surface area (Å²) in [5.74, 6) is 2.61. The second-order valence-corrected chi connectivity index (χ2v) is 13.3. The lowest BCUT2D eigenvalue weighted by Gasteiger charge is -2.48. The molecular weight excluding hydrogens is 524 g/mol. The zero-order chi connectivity index (χ0) is 27.5. The van der Waals surface area contributed by atoms with Gasteiger partial charge in [-0.15, -0.1) is 11.3 Å². The zero-order valence-electron chi connectivity index (χ0n) is 23.2. The number of anilines is 3. The normalized spacial score (nSPS) is 24.5. The minimum atomic E-state index is -0.564. The van der Waals surface area contributed by atoms with Crippen molar-refractivity contribution in [3.05, 3.63) is 28.0 Å². The van der Waals surface area contributed by atoms with Crippen molar-refractivity contribution in [3.8, 4) is 17.6 Å². The molecule has 3 aromatic rings. The smallest absolute Gasteiger partial charge is 0.237 e. The number of hydrogen-bond donors (Lipinski definition) is 2. The first-order valence-electron chi connectivity index (χ1n) is 14.3. The number of nitriles is 1. The third-order valence-corrected chi connectivity index (χ3v) is 10.4. The summed E-state index contributed by atoms with van der Waals surface area (Å²) >= 11 is 1.51. The van der Waals surface area contributed by atoms with Gasteiger partial charge in [0, 0.05) is 61.2 Å². The fraction of sp³-hybridized carbons (Fsp3) is 0.607. The van der Waals surface area contributed by atoms with E-state index in [0.717, 1.165) is 100 Å². The van der Waals surface area contributed by atoms with Crippen LogP contribution in [-0.2, 0) is 11.8 Å². The first-order chi connectivity index (χ1) is 19.4. The molecule has 6 heterocycles. The molecular formula is C28H36N10OS. The van der Waals surface area contributed by atoms with Gasteiger partial charge in [0.15, 0.2) is 0 Å². The quantitative estimate of drug-likeness (QED) is 0.487. The summed E-state index contributed by atoms with van der Waals surface area (Å²) in [6, 6.07) is 4.34. The van der Waals surface area contributed by atoms with Crippen LogP contribution in [0.25, 0.3) is 11.5 Å². The SMILES string of the molecule is CN1CCCN(c2nc(-c3noc([C@@]4(C)CCCc5sc(N)c(C#N)c54)n3)cc(N3CC4(CCNC4)C3)n2)CC1. The van der Waals surface area contributed by atoms with Crippen molar-refractivity contribution in [2.75, 3.05) is 74.9 Å². The lowest BCUT2D eigenvalue weighted by Crippen LogP contribution is -2.57. The van der Waals surface area contributed by atoms with Crippen molar-refractivity contribution in [2.24, 2.45) is 5.41 Å². The first kappa shape index (κ1) is 25.7. The summed E-state index contributed by atoms with van der Waals surface area (Å²) in [6.45, 7) is 10.1. The fourth-order valence-electron chi connectivity index (χ4n) is 6.94. The third kappa shape index (κ3) is 4.22. The van der Waals surface area contributed by atoms with Gasteiger partial charge in [0.05, 0.1) is 11.0 Å². The van der Waals surface area contributed by atoms with Gasteiger partial charge in [0.25, 0.3) is 0 Å². The highest BCUT2D eigenvalue weighted by Gasteiger charge is 2.46. The lowest BCUT2D eigenvalue weighted by molar-refractivity contribution is 0.241. The number of hydrogen-bond acceptors (Lipinski definition) is 12. The molecule has 3 saturated heterocycles.